The first-order chi connectivity index (χ1) is 11.6. The van der Waals surface area contributed by atoms with E-state index < -0.39 is 24.5 Å². The molecule has 0 unspecified atom stereocenters. The lowest BCUT2D eigenvalue weighted by atomic mass is 9.87. The first-order valence-electron chi connectivity index (χ1n) is 8.50. The van der Waals surface area contributed by atoms with Crippen molar-refractivity contribution in [2.45, 2.75) is 52.5 Å². The zero-order valence-electron chi connectivity index (χ0n) is 15.6. The van der Waals surface area contributed by atoms with Gasteiger partial charge < -0.3 is 15.4 Å². The van der Waals surface area contributed by atoms with E-state index >= 15 is 0 Å². The minimum absolute atomic E-state index is 0.00317. The molecule has 0 bridgehead atoms. The second kappa shape index (κ2) is 9.20. The zero-order chi connectivity index (χ0) is 19.0. The van der Waals surface area contributed by atoms with Crippen LogP contribution in [0.25, 0.3) is 0 Å². The SMILES string of the molecule is CCCNC(=O)[C@@H](C)NC(=O)COC(=O)c1ccc(C(C)(C)C)cc1. The Hall–Kier alpha value is -2.37. The summed E-state index contributed by atoms with van der Waals surface area (Å²) < 4.78 is 4.99. The number of nitrogens with one attached hydrogen (secondary N) is 2. The van der Waals surface area contributed by atoms with Crippen LogP contribution in [0.2, 0.25) is 0 Å². The minimum atomic E-state index is -0.677. The highest BCUT2D eigenvalue weighted by atomic mass is 16.5. The van der Waals surface area contributed by atoms with Gasteiger partial charge in [-0.1, -0.05) is 39.8 Å². The van der Waals surface area contributed by atoms with Gasteiger partial charge in [-0.15, -0.1) is 0 Å². The Labute approximate surface area is 149 Å². The van der Waals surface area contributed by atoms with Crippen molar-refractivity contribution in [2.24, 2.45) is 0 Å². The molecule has 6 nitrogen and oxygen atoms in total. The molecule has 0 spiro atoms. The van der Waals surface area contributed by atoms with Crippen LogP contribution >= 0.6 is 0 Å². The molecular weight excluding hydrogens is 320 g/mol. The Morgan fingerprint density at radius 3 is 2.24 bits per heavy atom. The largest absolute Gasteiger partial charge is 0.452 e. The number of hydrogen-bond donors (Lipinski definition) is 2. The van der Waals surface area contributed by atoms with Gasteiger partial charge in [0, 0.05) is 6.54 Å². The van der Waals surface area contributed by atoms with E-state index in [4.69, 9.17) is 4.74 Å². The molecule has 2 amide bonds. The molecule has 0 aliphatic rings. The zero-order valence-corrected chi connectivity index (χ0v) is 15.6. The lowest BCUT2D eigenvalue weighted by Crippen LogP contribution is -2.46. The minimum Gasteiger partial charge on any atom is -0.452 e. The average Bonchev–Trinajstić information content (AvgIpc) is 2.56. The van der Waals surface area contributed by atoms with Crippen LogP contribution in [0.4, 0.5) is 0 Å². The summed E-state index contributed by atoms with van der Waals surface area (Å²) in [4.78, 5) is 35.5. The molecule has 0 saturated heterocycles. The summed E-state index contributed by atoms with van der Waals surface area (Å²) in [6.45, 7) is 9.91. The second-order valence-corrected chi connectivity index (χ2v) is 6.98. The maximum atomic E-state index is 12.0. The molecule has 6 heteroatoms. The predicted molar refractivity (Wildman–Crippen MR) is 96.3 cm³/mol. The van der Waals surface area contributed by atoms with Gasteiger partial charge in [0.2, 0.25) is 5.91 Å². The summed E-state index contributed by atoms with van der Waals surface area (Å²) >= 11 is 0. The van der Waals surface area contributed by atoms with Gasteiger partial charge in [-0.25, -0.2) is 4.79 Å². The van der Waals surface area contributed by atoms with Crippen LogP contribution in [0, 0.1) is 0 Å². The van der Waals surface area contributed by atoms with Crippen LogP contribution in [0.1, 0.15) is 57.0 Å². The smallest absolute Gasteiger partial charge is 0.338 e. The number of rotatable bonds is 7. The van der Waals surface area contributed by atoms with Gasteiger partial charge in [-0.3, -0.25) is 9.59 Å². The lowest BCUT2D eigenvalue weighted by molar-refractivity contribution is -0.130. The van der Waals surface area contributed by atoms with E-state index in [0.29, 0.717) is 12.1 Å². The van der Waals surface area contributed by atoms with E-state index in [-0.39, 0.29) is 11.3 Å². The van der Waals surface area contributed by atoms with Crippen molar-refractivity contribution in [3.8, 4) is 0 Å². The van der Waals surface area contributed by atoms with E-state index in [1.165, 1.54) is 0 Å². The lowest BCUT2D eigenvalue weighted by Gasteiger charge is -2.19. The first kappa shape index (κ1) is 20.7. The van der Waals surface area contributed by atoms with E-state index in [2.05, 4.69) is 31.4 Å². The predicted octanol–water partition coefficient (Wildman–Crippen LogP) is 2.17. The van der Waals surface area contributed by atoms with Gasteiger partial charge in [-0.05, 0) is 36.5 Å². The van der Waals surface area contributed by atoms with Crippen molar-refractivity contribution < 1.29 is 19.1 Å². The molecule has 0 aliphatic heterocycles. The summed E-state index contributed by atoms with van der Waals surface area (Å²) in [6.07, 6.45) is 0.817. The summed E-state index contributed by atoms with van der Waals surface area (Å²) in [6, 6.07) is 6.43. The normalized spacial score (nSPS) is 12.2. The third kappa shape index (κ3) is 6.95. The standard InChI is InChI=1S/C19H28N2O4/c1-6-11-20-17(23)13(2)21-16(22)12-25-18(24)14-7-9-15(10-8-14)19(3,4)5/h7-10,13H,6,11-12H2,1-5H3,(H,20,23)(H,21,22)/t13-/m1/s1. The summed E-state index contributed by atoms with van der Waals surface area (Å²) in [7, 11) is 0. The van der Waals surface area contributed by atoms with Crippen molar-refractivity contribution in [3.63, 3.8) is 0 Å². The van der Waals surface area contributed by atoms with Gasteiger partial charge in [0.25, 0.3) is 5.91 Å². The van der Waals surface area contributed by atoms with Crippen molar-refractivity contribution in [2.75, 3.05) is 13.2 Å². The van der Waals surface area contributed by atoms with Crippen molar-refractivity contribution in [1.82, 2.24) is 10.6 Å². The quantitative estimate of drug-likeness (QED) is 0.740. The molecule has 2 N–H and O–H groups in total. The second-order valence-electron chi connectivity index (χ2n) is 6.98. The van der Waals surface area contributed by atoms with E-state index in [1.54, 1.807) is 19.1 Å². The summed E-state index contributed by atoms with van der Waals surface area (Å²) in [5.41, 5.74) is 1.49. The molecule has 25 heavy (non-hydrogen) atoms. The Bertz CT molecular complexity index is 603. The Morgan fingerprint density at radius 1 is 1.12 bits per heavy atom. The third-order valence-corrected chi connectivity index (χ3v) is 3.64. The van der Waals surface area contributed by atoms with Crippen LogP contribution in [0.15, 0.2) is 24.3 Å². The van der Waals surface area contributed by atoms with Crippen molar-refractivity contribution in [1.29, 1.82) is 0 Å². The van der Waals surface area contributed by atoms with E-state index in [0.717, 1.165) is 12.0 Å². The highest BCUT2D eigenvalue weighted by Crippen LogP contribution is 2.22. The van der Waals surface area contributed by atoms with Crippen LogP contribution in [-0.2, 0) is 19.7 Å². The monoisotopic (exact) mass is 348 g/mol. The van der Waals surface area contributed by atoms with E-state index in [1.807, 2.05) is 19.1 Å². The number of benzene rings is 1. The number of ether oxygens (including phenoxy) is 1. The molecular formula is C19H28N2O4. The summed E-state index contributed by atoms with van der Waals surface area (Å²) in [5.74, 6) is -1.35. The van der Waals surface area contributed by atoms with Crippen molar-refractivity contribution in [3.05, 3.63) is 35.4 Å². The van der Waals surface area contributed by atoms with Crippen LogP contribution in [-0.4, -0.2) is 37.0 Å². The third-order valence-electron chi connectivity index (χ3n) is 3.64. The fourth-order valence-corrected chi connectivity index (χ4v) is 2.07. The van der Waals surface area contributed by atoms with E-state index in [9.17, 15) is 14.4 Å². The van der Waals surface area contributed by atoms with Crippen molar-refractivity contribution >= 4 is 17.8 Å². The van der Waals surface area contributed by atoms with Gasteiger partial charge in [-0.2, -0.15) is 0 Å². The molecule has 0 saturated carbocycles. The molecule has 0 aromatic heterocycles. The van der Waals surface area contributed by atoms with Gasteiger partial charge in [0.15, 0.2) is 6.61 Å². The van der Waals surface area contributed by atoms with Crippen LogP contribution < -0.4 is 10.6 Å². The maximum absolute atomic E-state index is 12.0. The van der Waals surface area contributed by atoms with Gasteiger partial charge in [0.1, 0.15) is 6.04 Å². The van der Waals surface area contributed by atoms with Gasteiger partial charge >= 0.3 is 5.97 Å². The van der Waals surface area contributed by atoms with Crippen LogP contribution in [0.5, 0.6) is 0 Å². The Kier molecular flexibility index (Phi) is 7.61. The van der Waals surface area contributed by atoms with Crippen LogP contribution in [0.3, 0.4) is 0 Å². The average molecular weight is 348 g/mol. The first-order valence-corrected chi connectivity index (χ1v) is 8.50. The topological polar surface area (TPSA) is 84.5 Å². The molecule has 138 valence electrons. The molecule has 0 radical (unpaired) electrons. The Balaban J connectivity index is 2.48. The fraction of sp³-hybridized carbons (Fsp3) is 0.526. The maximum Gasteiger partial charge on any atom is 0.338 e. The Morgan fingerprint density at radius 2 is 1.72 bits per heavy atom. The molecule has 1 aromatic carbocycles. The summed E-state index contributed by atoms with van der Waals surface area (Å²) in [5, 5.41) is 5.18. The number of carbonyl (C=O) groups is 3. The molecule has 1 rings (SSSR count). The molecule has 0 aliphatic carbocycles. The highest BCUT2D eigenvalue weighted by Gasteiger charge is 2.17. The molecule has 0 heterocycles. The highest BCUT2D eigenvalue weighted by molar-refractivity contribution is 5.92. The van der Waals surface area contributed by atoms with Gasteiger partial charge in [0.05, 0.1) is 5.56 Å². The number of amides is 2. The molecule has 1 aromatic rings. The number of esters is 1. The number of carbonyl (C=O) groups excluding carboxylic acids is 3. The fourth-order valence-electron chi connectivity index (χ4n) is 2.07. The molecule has 1 atom stereocenters. The number of hydrogen-bond acceptors (Lipinski definition) is 4. The molecule has 0 fully saturated rings.